The zero-order chi connectivity index (χ0) is 12.7. The van der Waals surface area contributed by atoms with Gasteiger partial charge in [-0.3, -0.25) is 4.79 Å². The quantitative estimate of drug-likeness (QED) is 0.890. The van der Waals surface area contributed by atoms with Crippen LogP contribution in [-0.4, -0.2) is 31.4 Å². The number of benzene rings is 1. The second-order valence-electron chi connectivity index (χ2n) is 4.45. The standard InChI is InChI=1S/C13H16N2O2S/c1-3-10-13(16)15-5-4-14-9-6-8(17-2)7-11(18-10)12(9)15/h6-7,10,14H,3-5H2,1-2H3. The number of anilines is 2. The number of ether oxygens (including phenoxy) is 1. The van der Waals surface area contributed by atoms with Crippen LogP contribution in [0.2, 0.25) is 0 Å². The van der Waals surface area contributed by atoms with Crippen molar-refractivity contribution in [3.8, 4) is 5.75 Å². The molecule has 2 aliphatic rings. The molecule has 0 saturated heterocycles. The molecule has 1 unspecified atom stereocenters. The van der Waals surface area contributed by atoms with Crippen LogP contribution >= 0.6 is 11.8 Å². The molecule has 1 N–H and O–H groups in total. The molecule has 0 spiro atoms. The highest BCUT2D eigenvalue weighted by Gasteiger charge is 2.36. The van der Waals surface area contributed by atoms with Crippen molar-refractivity contribution in [2.75, 3.05) is 30.4 Å². The normalized spacial score (nSPS) is 21.3. The van der Waals surface area contributed by atoms with Gasteiger partial charge in [0, 0.05) is 24.1 Å². The van der Waals surface area contributed by atoms with E-state index in [1.165, 1.54) is 0 Å². The number of hydrogen-bond acceptors (Lipinski definition) is 4. The van der Waals surface area contributed by atoms with Crippen LogP contribution in [0.4, 0.5) is 11.4 Å². The first-order chi connectivity index (χ1) is 8.74. The lowest BCUT2D eigenvalue weighted by Crippen LogP contribution is -2.45. The molecule has 0 fully saturated rings. The molecule has 0 bridgehead atoms. The highest BCUT2D eigenvalue weighted by atomic mass is 32.2. The molecular formula is C13H16N2O2S. The van der Waals surface area contributed by atoms with Gasteiger partial charge in [-0.15, -0.1) is 11.8 Å². The topological polar surface area (TPSA) is 41.6 Å². The third-order valence-electron chi connectivity index (χ3n) is 3.39. The number of amides is 1. The highest BCUT2D eigenvalue weighted by molar-refractivity contribution is 8.01. The predicted octanol–water partition coefficient (Wildman–Crippen LogP) is 2.34. The summed E-state index contributed by atoms with van der Waals surface area (Å²) in [6, 6.07) is 3.99. The Hall–Kier alpha value is -1.36. The lowest BCUT2D eigenvalue weighted by molar-refractivity contribution is -0.118. The van der Waals surface area contributed by atoms with Crippen molar-refractivity contribution in [1.29, 1.82) is 0 Å². The molecule has 96 valence electrons. The first kappa shape index (κ1) is 11.7. The van der Waals surface area contributed by atoms with Crippen LogP contribution in [-0.2, 0) is 4.79 Å². The Morgan fingerprint density at radius 3 is 3.11 bits per heavy atom. The number of nitrogens with one attached hydrogen (secondary N) is 1. The molecule has 0 aromatic heterocycles. The summed E-state index contributed by atoms with van der Waals surface area (Å²) in [5, 5.41) is 3.38. The van der Waals surface area contributed by atoms with Crippen molar-refractivity contribution in [3.05, 3.63) is 12.1 Å². The number of hydrogen-bond donors (Lipinski definition) is 1. The number of rotatable bonds is 2. The van der Waals surface area contributed by atoms with E-state index < -0.39 is 0 Å². The van der Waals surface area contributed by atoms with E-state index in [4.69, 9.17) is 4.74 Å². The SMILES string of the molecule is CCC1Sc2cc(OC)cc3c2N(CCN3)C1=O. The van der Waals surface area contributed by atoms with Crippen LogP contribution in [0.3, 0.4) is 0 Å². The second kappa shape index (κ2) is 4.39. The fourth-order valence-electron chi connectivity index (χ4n) is 2.47. The molecule has 18 heavy (non-hydrogen) atoms. The van der Waals surface area contributed by atoms with Gasteiger partial charge in [0.05, 0.1) is 23.7 Å². The first-order valence-corrected chi connectivity index (χ1v) is 7.06. The van der Waals surface area contributed by atoms with Gasteiger partial charge in [-0.25, -0.2) is 0 Å². The van der Waals surface area contributed by atoms with E-state index in [-0.39, 0.29) is 11.2 Å². The summed E-state index contributed by atoms with van der Waals surface area (Å²) >= 11 is 1.65. The minimum absolute atomic E-state index is 0.0376. The van der Waals surface area contributed by atoms with Gasteiger partial charge in [-0.1, -0.05) is 6.92 Å². The maximum atomic E-state index is 12.3. The van der Waals surface area contributed by atoms with Crippen LogP contribution < -0.4 is 15.0 Å². The molecule has 1 aromatic carbocycles. The van der Waals surface area contributed by atoms with Gasteiger partial charge >= 0.3 is 0 Å². The summed E-state index contributed by atoms with van der Waals surface area (Å²) in [6.45, 7) is 3.61. The third-order valence-corrected chi connectivity index (χ3v) is 4.77. The van der Waals surface area contributed by atoms with Gasteiger partial charge in [-0.05, 0) is 12.5 Å². The van der Waals surface area contributed by atoms with Crippen LogP contribution in [0, 0.1) is 0 Å². The Morgan fingerprint density at radius 1 is 1.56 bits per heavy atom. The fourth-order valence-corrected chi connectivity index (χ4v) is 3.69. The van der Waals surface area contributed by atoms with Crippen molar-refractivity contribution >= 4 is 29.0 Å². The molecule has 0 saturated carbocycles. The number of nitrogens with zero attached hydrogens (tertiary/aromatic N) is 1. The first-order valence-electron chi connectivity index (χ1n) is 6.18. The molecule has 0 radical (unpaired) electrons. The Bertz CT molecular complexity index is 504. The van der Waals surface area contributed by atoms with E-state index in [9.17, 15) is 4.79 Å². The number of thioether (sulfide) groups is 1. The average molecular weight is 264 g/mol. The molecule has 3 rings (SSSR count). The van der Waals surface area contributed by atoms with E-state index >= 15 is 0 Å². The average Bonchev–Trinajstić information content (AvgIpc) is 2.42. The number of carbonyl (C=O) groups excluding carboxylic acids is 1. The number of methoxy groups -OCH3 is 1. The van der Waals surface area contributed by atoms with E-state index in [2.05, 4.69) is 12.2 Å². The lowest BCUT2D eigenvalue weighted by Gasteiger charge is -2.38. The molecule has 1 amide bonds. The fraction of sp³-hybridized carbons (Fsp3) is 0.462. The predicted molar refractivity (Wildman–Crippen MR) is 73.8 cm³/mol. The maximum absolute atomic E-state index is 12.3. The Kier molecular flexibility index (Phi) is 2.86. The zero-order valence-electron chi connectivity index (χ0n) is 10.5. The molecule has 5 heteroatoms. The van der Waals surface area contributed by atoms with Crippen LogP contribution in [0.1, 0.15) is 13.3 Å². The molecule has 1 aromatic rings. The monoisotopic (exact) mass is 264 g/mol. The van der Waals surface area contributed by atoms with Crippen molar-refractivity contribution in [2.24, 2.45) is 0 Å². The molecule has 2 aliphatic heterocycles. The minimum atomic E-state index is 0.0376. The summed E-state index contributed by atoms with van der Waals surface area (Å²) in [4.78, 5) is 15.4. The Labute approximate surface area is 111 Å². The number of carbonyl (C=O) groups is 1. The van der Waals surface area contributed by atoms with Gasteiger partial charge in [0.2, 0.25) is 5.91 Å². The summed E-state index contributed by atoms with van der Waals surface area (Å²) < 4.78 is 5.32. The lowest BCUT2D eigenvalue weighted by atomic mass is 10.1. The zero-order valence-corrected chi connectivity index (χ0v) is 11.3. The molecule has 4 nitrogen and oxygen atoms in total. The molecule has 0 aliphatic carbocycles. The van der Waals surface area contributed by atoms with Crippen LogP contribution in [0.15, 0.2) is 17.0 Å². The van der Waals surface area contributed by atoms with E-state index in [1.54, 1.807) is 18.9 Å². The maximum Gasteiger partial charge on any atom is 0.240 e. The van der Waals surface area contributed by atoms with E-state index in [0.29, 0.717) is 0 Å². The summed E-state index contributed by atoms with van der Waals surface area (Å²) in [5.41, 5.74) is 2.03. The largest absolute Gasteiger partial charge is 0.497 e. The summed E-state index contributed by atoms with van der Waals surface area (Å²) in [7, 11) is 1.67. The smallest absolute Gasteiger partial charge is 0.240 e. The van der Waals surface area contributed by atoms with E-state index in [0.717, 1.165) is 41.5 Å². The molecular weight excluding hydrogens is 248 g/mol. The Balaban J connectivity index is 2.14. The van der Waals surface area contributed by atoms with Crippen molar-refractivity contribution < 1.29 is 9.53 Å². The van der Waals surface area contributed by atoms with Crippen LogP contribution in [0.25, 0.3) is 0 Å². The van der Waals surface area contributed by atoms with Crippen LogP contribution in [0.5, 0.6) is 5.75 Å². The van der Waals surface area contributed by atoms with Gasteiger partial charge in [0.15, 0.2) is 0 Å². The van der Waals surface area contributed by atoms with Gasteiger partial charge in [-0.2, -0.15) is 0 Å². The van der Waals surface area contributed by atoms with Gasteiger partial charge in [0.1, 0.15) is 5.75 Å². The molecule has 2 heterocycles. The highest BCUT2D eigenvalue weighted by Crippen LogP contribution is 2.47. The van der Waals surface area contributed by atoms with Gasteiger partial charge in [0.25, 0.3) is 0 Å². The molecule has 1 atom stereocenters. The second-order valence-corrected chi connectivity index (χ2v) is 5.70. The van der Waals surface area contributed by atoms with Gasteiger partial charge < -0.3 is 15.0 Å². The third kappa shape index (κ3) is 1.65. The van der Waals surface area contributed by atoms with Crippen molar-refractivity contribution in [1.82, 2.24) is 0 Å². The van der Waals surface area contributed by atoms with Crippen molar-refractivity contribution in [3.63, 3.8) is 0 Å². The summed E-state index contributed by atoms with van der Waals surface area (Å²) in [6.07, 6.45) is 0.861. The Morgan fingerprint density at radius 2 is 2.39 bits per heavy atom. The van der Waals surface area contributed by atoms with Crippen molar-refractivity contribution in [2.45, 2.75) is 23.5 Å². The summed E-state index contributed by atoms with van der Waals surface area (Å²) in [5.74, 6) is 1.08. The minimum Gasteiger partial charge on any atom is -0.497 e. The van der Waals surface area contributed by atoms with E-state index in [1.807, 2.05) is 17.0 Å².